The predicted molar refractivity (Wildman–Crippen MR) is 99.6 cm³/mol. The van der Waals surface area contributed by atoms with E-state index in [2.05, 4.69) is 21.5 Å². The molecule has 8 heteroatoms. The summed E-state index contributed by atoms with van der Waals surface area (Å²) in [5.41, 5.74) is 7.17. The number of halogens is 1. The summed E-state index contributed by atoms with van der Waals surface area (Å²) in [5, 5.41) is 5.51. The summed E-state index contributed by atoms with van der Waals surface area (Å²) in [6, 6.07) is 14.9. The number of carbonyl (C=O) groups excluding carboxylic acids is 2. The lowest BCUT2D eigenvalue weighted by Crippen LogP contribution is -2.64. The fourth-order valence-corrected chi connectivity index (χ4v) is 3.21. The lowest BCUT2D eigenvalue weighted by Gasteiger charge is -2.31. The van der Waals surface area contributed by atoms with E-state index >= 15 is 0 Å². The number of thioether (sulfide) groups is 1. The minimum Gasteiger partial charge on any atom is -0.329 e. The van der Waals surface area contributed by atoms with Gasteiger partial charge in [0.15, 0.2) is 0 Å². The van der Waals surface area contributed by atoms with Gasteiger partial charge < -0.3 is 10.6 Å². The van der Waals surface area contributed by atoms with Crippen LogP contribution in [-0.4, -0.2) is 29.1 Å². The highest BCUT2D eigenvalue weighted by Crippen LogP contribution is 2.13. The molecule has 136 valence electrons. The standard InChI is InChI=1S/C18H19FN4O2S/c19-13-6-8-14(9-7-13)20-16(24)11-26-18-21-17(25)15(22-23-18)10-12-4-2-1-3-5-12/h1-9,15,18,22-23H,10-11H2,(H,20,24)(H,21,25). The van der Waals surface area contributed by atoms with Crippen LogP contribution in [0.5, 0.6) is 0 Å². The average molecular weight is 374 g/mol. The first-order valence-corrected chi connectivity index (χ1v) is 9.17. The Morgan fingerprint density at radius 2 is 1.81 bits per heavy atom. The van der Waals surface area contributed by atoms with Crippen LogP contribution in [0, 0.1) is 5.82 Å². The SMILES string of the molecule is O=C(CSC1NNC(Cc2ccccc2)C(=O)N1)Nc1ccc(F)cc1. The van der Waals surface area contributed by atoms with Gasteiger partial charge in [-0.2, -0.15) is 0 Å². The van der Waals surface area contributed by atoms with Crippen LogP contribution in [0.3, 0.4) is 0 Å². The Labute approximate surface area is 154 Å². The number of rotatable bonds is 6. The highest BCUT2D eigenvalue weighted by atomic mass is 32.2. The number of hydrazine groups is 1. The molecule has 1 fully saturated rings. The van der Waals surface area contributed by atoms with Gasteiger partial charge in [-0.3, -0.25) is 9.59 Å². The summed E-state index contributed by atoms with van der Waals surface area (Å²) in [7, 11) is 0. The van der Waals surface area contributed by atoms with Gasteiger partial charge in [0, 0.05) is 5.69 Å². The molecule has 2 aromatic rings. The van der Waals surface area contributed by atoms with Crippen molar-refractivity contribution < 1.29 is 14.0 Å². The van der Waals surface area contributed by atoms with Crippen molar-refractivity contribution in [3.05, 3.63) is 66.0 Å². The molecule has 26 heavy (non-hydrogen) atoms. The molecule has 4 N–H and O–H groups in total. The van der Waals surface area contributed by atoms with E-state index < -0.39 is 5.50 Å². The van der Waals surface area contributed by atoms with Crippen LogP contribution in [0.2, 0.25) is 0 Å². The normalized spacial score (nSPS) is 19.7. The van der Waals surface area contributed by atoms with Crippen LogP contribution in [-0.2, 0) is 16.0 Å². The van der Waals surface area contributed by atoms with Gasteiger partial charge in [-0.25, -0.2) is 15.2 Å². The number of benzene rings is 2. The first kappa shape index (κ1) is 18.4. The Bertz CT molecular complexity index is 758. The smallest absolute Gasteiger partial charge is 0.240 e. The molecular weight excluding hydrogens is 355 g/mol. The van der Waals surface area contributed by atoms with Gasteiger partial charge in [0.05, 0.1) is 5.75 Å². The van der Waals surface area contributed by atoms with E-state index in [1.807, 2.05) is 30.3 Å². The largest absolute Gasteiger partial charge is 0.329 e. The minimum atomic E-state index is -0.409. The lowest BCUT2D eigenvalue weighted by atomic mass is 10.1. The molecule has 2 atom stereocenters. The second-order valence-corrected chi connectivity index (χ2v) is 6.88. The van der Waals surface area contributed by atoms with Gasteiger partial charge in [0.25, 0.3) is 0 Å². The van der Waals surface area contributed by atoms with Crippen LogP contribution < -0.4 is 21.5 Å². The molecule has 0 saturated carbocycles. The van der Waals surface area contributed by atoms with E-state index in [0.29, 0.717) is 12.1 Å². The highest BCUT2D eigenvalue weighted by molar-refractivity contribution is 8.00. The van der Waals surface area contributed by atoms with Crippen LogP contribution in [0.4, 0.5) is 10.1 Å². The second-order valence-electron chi connectivity index (χ2n) is 5.79. The molecule has 1 aliphatic heterocycles. The van der Waals surface area contributed by atoms with E-state index in [4.69, 9.17) is 0 Å². The van der Waals surface area contributed by atoms with Crippen molar-refractivity contribution in [3.8, 4) is 0 Å². The third-order valence-corrected chi connectivity index (χ3v) is 4.77. The molecule has 2 aromatic carbocycles. The molecule has 0 radical (unpaired) electrons. The number of anilines is 1. The monoisotopic (exact) mass is 374 g/mol. The lowest BCUT2D eigenvalue weighted by molar-refractivity contribution is -0.125. The van der Waals surface area contributed by atoms with Crippen LogP contribution in [0.1, 0.15) is 5.56 Å². The summed E-state index contributed by atoms with van der Waals surface area (Å²) < 4.78 is 12.8. The summed E-state index contributed by atoms with van der Waals surface area (Å²) in [5.74, 6) is -0.573. The van der Waals surface area contributed by atoms with Gasteiger partial charge in [0.1, 0.15) is 17.4 Å². The van der Waals surface area contributed by atoms with E-state index in [1.54, 1.807) is 0 Å². The number of hydrogen-bond donors (Lipinski definition) is 4. The fourth-order valence-electron chi connectivity index (χ4n) is 2.47. The molecule has 2 unspecified atom stereocenters. The summed E-state index contributed by atoms with van der Waals surface area (Å²) >= 11 is 1.25. The van der Waals surface area contributed by atoms with Crippen molar-refractivity contribution in [2.45, 2.75) is 18.0 Å². The van der Waals surface area contributed by atoms with E-state index in [0.717, 1.165) is 5.56 Å². The number of carbonyl (C=O) groups is 2. The van der Waals surface area contributed by atoms with Crippen LogP contribution >= 0.6 is 11.8 Å². The third-order valence-electron chi connectivity index (χ3n) is 3.77. The highest BCUT2D eigenvalue weighted by Gasteiger charge is 2.27. The maximum Gasteiger partial charge on any atom is 0.240 e. The molecule has 3 rings (SSSR count). The van der Waals surface area contributed by atoms with Crippen molar-refractivity contribution in [1.82, 2.24) is 16.2 Å². The number of hydrogen-bond acceptors (Lipinski definition) is 5. The second kappa shape index (κ2) is 8.79. The molecule has 6 nitrogen and oxygen atoms in total. The third kappa shape index (κ3) is 5.29. The van der Waals surface area contributed by atoms with Gasteiger partial charge in [0.2, 0.25) is 11.8 Å². The van der Waals surface area contributed by atoms with Gasteiger partial charge >= 0.3 is 0 Å². The molecule has 0 bridgehead atoms. The van der Waals surface area contributed by atoms with E-state index in [9.17, 15) is 14.0 Å². The van der Waals surface area contributed by atoms with Crippen molar-refractivity contribution >= 4 is 29.3 Å². The van der Waals surface area contributed by atoms with Crippen LogP contribution in [0.25, 0.3) is 0 Å². The zero-order chi connectivity index (χ0) is 18.4. The Morgan fingerprint density at radius 1 is 1.08 bits per heavy atom. The summed E-state index contributed by atoms with van der Waals surface area (Å²) in [6.45, 7) is 0. The minimum absolute atomic E-state index is 0.121. The Morgan fingerprint density at radius 3 is 2.50 bits per heavy atom. The maximum atomic E-state index is 12.8. The summed E-state index contributed by atoms with van der Waals surface area (Å²) in [4.78, 5) is 24.2. The molecule has 0 spiro atoms. The topological polar surface area (TPSA) is 82.3 Å². The molecule has 0 aliphatic carbocycles. The Balaban J connectivity index is 1.42. The molecule has 1 saturated heterocycles. The van der Waals surface area contributed by atoms with Crippen molar-refractivity contribution in [2.24, 2.45) is 0 Å². The molecule has 0 aromatic heterocycles. The molecule has 1 aliphatic rings. The first-order valence-electron chi connectivity index (χ1n) is 8.12. The fraction of sp³-hybridized carbons (Fsp3) is 0.222. The summed E-state index contributed by atoms with van der Waals surface area (Å²) in [6.07, 6.45) is 0.572. The maximum absolute atomic E-state index is 12.8. The van der Waals surface area contributed by atoms with Gasteiger partial charge in [-0.1, -0.05) is 30.3 Å². The molecule has 2 amide bonds. The van der Waals surface area contributed by atoms with Crippen molar-refractivity contribution in [1.29, 1.82) is 0 Å². The molecule has 1 heterocycles. The van der Waals surface area contributed by atoms with Crippen LogP contribution in [0.15, 0.2) is 54.6 Å². The van der Waals surface area contributed by atoms with Crippen molar-refractivity contribution in [3.63, 3.8) is 0 Å². The van der Waals surface area contributed by atoms with Gasteiger partial charge in [-0.15, -0.1) is 11.8 Å². The zero-order valence-electron chi connectivity index (χ0n) is 13.9. The van der Waals surface area contributed by atoms with Gasteiger partial charge in [-0.05, 0) is 36.2 Å². The van der Waals surface area contributed by atoms with E-state index in [-0.39, 0.29) is 29.4 Å². The Kier molecular flexibility index (Phi) is 6.21. The molecular formula is C18H19FN4O2S. The zero-order valence-corrected chi connectivity index (χ0v) is 14.7. The van der Waals surface area contributed by atoms with Crippen molar-refractivity contribution in [2.75, 3.05) is 11.1 Å². The predicted octanol–water partition coefficient (Wildman–Crippen LogP) is 1.62. The first-order chi connectivity index (χ1) is 12.6. The quantitative estimate of drug-likeness (QED) is 0.618. The number of nitrogens with one attached hydrogen (secondary N) is 4. The Hall–Kier alpha value is -2.42. The number of amides is 2. The average Bonchev–Trinajstić information content (AvgIpc) is 2.65. The van der Waals surface area contributed by atoms with E-state index in [1.165, 1.54) is 36.0 Å².